The SMILES string of the molecule is NC(=O)CNc1ccc([N+](=O)[O-])c2ncccc12. The Morgan fingerprint density at radius 2 is 2.22 bits per heavy atom. The van der Waals surface area contributed by atoms with Crippen molar-refractivity contribution in [2.24, 2.45) is 5.73 Å². The van der Waals surface area contributed by atoms with Crippen LogP contribution in [0.4, 0.5) is 11.4 Å². The lowest BCUT2D eigenvalue weighted by Crippen LogP contribution is -2.21. The normalized spacial score (nSPS) is 10.2. The molecule has 1 aromatic carbocycles. The Labute approximate surface area is 102 Å². The number of anilines is 1. The number of non-ortho nitro benzene ring substituents is 1. The number of nitrogens with two attached hydrogens (primary N) is 1. The second kappa shape index (κ2) is 4.66. The Balaban J connectivity index is 2.53. The molecule has 0 bridgehead atoms. The van der Waals surface area contributed by atoms with Crippen LogP contribution in [0.3, 0.4) is 0 Å². The summed E-state index contributed by atoms with van der Waals surface area (Å²) in [4.78, 5) is 25.1. The first-order chi connectivity index (χ1) is 8.59. The van der Waals surface area contributed by atoms with Gasteiger partial charge in [0.1, 0.15) is 5.52 Å². The van der Waals surface area contributed by atoms with Crippen LogP contribution in [0.15, 0.2) is 30.5 Å². The summed E-state index contributed by atoms with van der Waals surface area (Å²) in [5.41, 5.74) is 5.82. The molecule has 1 aromatic heterocycles. The summed E-state index contributed by atoms with van der Waals surface area (Å²) in [6, 6.07) is 6.24. The number of nitrogens with one attached hydrogen (secondary N) is 1. The third kappa shape index (κ3) is 2.19. The van der Waals surface area contributed by atoms with Crippen LogP contribution in [-0.4, -0.2) is 22.4 Å². The smallest absolute Gasteiger partial charge is 0.295 e. The number of nitro groups is 1. The van der Waals surface area contributed by atoms with E-state index >= 15 is 0 Å². The summed E-state index contributed by atoms with van der Waals surface area (Å²) in [6.45, 7) is -0.0399. The van der Waals surface area contributed by atoms with Crippen LogP contribution in [0.1, 0.15) is 0 Å². The number of hydrogen-bond donors (Lipinski definition) is 2. The summed E-state index contributed by atoms with van der Waals surface area (Å²) >= 11 is 0. The maximum absolute atomic E-state index is 10.9. The van der Waals surface area contributed by atoms with Gasteiger partial charge in [-0.3, -0.25) is 14.9 Å². The van der Waals surface area contributed by atoms with Crippen molar-refractivity contribution < 1.29 is 9.72 Å². The fraction of sp³-hybridized carbons (Fsp3) is 0.0909. The van der Waals surface area contributed by atoms with Crippen molar-refractivity contribution in [3.63, 3.8) is 0 Å². The Morgan fingerprint density at radius 3 is 2.89 bits per heavy atom. The molecule has 0 aliphatic carbocycles. The van der Waals surface area contributed by atoms with Crippen molar-refractivity contribution in [1.82, 2.24) is 4.98 Å². The van der Waals surface area contributed by atoms with Crippen molar-refractivity contribution in [1.29, 1.82) is 0 Å². The minimum absolute atomic E-state index is 0.0399. The van der Waals surface area contributed by atoms with Crippen LogP contribution in [0.5, 0.6) is 0 Å². The minimum atomic E-state index is -0.509. The summed E-state index contributed by atoms with van der Waals surface area (Å²) in [5, 5.41) is 14.3. The van der Waals surface area contributed by atoms with E-state index in [4.69, 9.17) is 5.73 Å². The van der Waals surface area contributed by atoms with E-state index in [2.05, 4.69) is 10.3 Å². The zero-order valence-corrected chi connectivity index (χ0v) is 9.29. The largest absolute Gasteiger partial charge is 0.376 e. The van der Waals surface area contributed by atoms with E-state index in [0.717, 1.165) is 0 Å². The predicted octanol–water partition coefficient (Wildman–Crippen LogP) is 1.04. The fourth-order valence-electron chi connectivity index (χ4n) is 1.64. The molecular weight excluding hydrogens is 236 g/mol. The number of rotatable bonds is 4. The number of aromatic nitrogens is 1. The summed E-state index contributed by atoms with van der Waals surface area (Å²) < 4.78 is 0. The van der Waals surface area contributed by atoms with Gasteiger partial charge in [0, 0.05) is 23.3 Å². The minimum Gasteiger partial charge on any atom is -0.376 e. The number of amides is 1. The lowest BCUT2D eigenvalue weighted by molar-refractivity contribution is -0.383. The van der Waals surface area contributed by atoms with Gasteiger partial charge in [0.15, 0.2) is 0 Å². The maximum Gasteiger partial charge on any atom is 0.295 e. The molecular formula is C11H10N4O3. The number of carbonyl (C=O) groups is 1. The third-order valence-corrected chi connectivity index (χ3v) is 2.40. The second-order valence-electron chi connectivity index (χ2n) is 3.61. The van der Waals surface area contributed by atoms with Crippen LogP contribution < -0.4 is 11.1 Å². The van der Waals surface area contributed by atoms with E-state index in [1.54, 1.807) is 12.1 Å². The van der Waals surface area contributed by atoms with E-state index in [1.807, 2.05) is 0 Å². The van der Waals surface area contributed by atoms with Crippen LogP contribution in [-0.2, 0) is 4.79 Å². The molecule has 7 nitrogen and oxygen atoms in total. The van der Waals surface area contributed by atoms with E-state index in [9.17, 15) is 14.9 Å². The number of pyridine rings is 1. The highest BCUT2D eigenvalue weighted by atomic mass is 16.6. The molecule has 3 N–H and O–H groups in total. The third-order valence-electron chi connectivity index (χ3n) is 2.40. The lowest BCUT2D eigenvalue weighted by Gasteiger charge is -2.07. The molecule has 7 heteroatoms. The van der Waals surface area contributed by atoms with Gasteiger partial charge in [-0.25, -0.2) is 4.98 Å². The standard InChI is InChI=1S/C11H10N4O3/c12-10(16)6-14-8-3-4-9(15(17)18)11-7(8)2-1-5-13-11/h1-5,14H,6H2,(H2,12,16). The van der Waals surface area contributed by atoms with Crippen molar-refractivity contribution in [3.8, 4) is 0 Å². The monoisotopic (exact) mass is 246 g/mol. The first-order valence-corrected chi connectivity index (χ1v) is 5.14. The highest BCUT2D eigenvalue weighted by molar-refractivity contribution is 5.97. The number of carbonyl (C=O) groups excluding carboxylic acids is 1. The van der Waals surface area contributed by atoms with Crippen molar-refractivity contribution in [3.05, 3.63) is 40.6 Å². The number of nitro benzene ring substituents is 1. The Kier molecular flexibility index (Phi) is 3.05. The molecule has 1 heterocycles. The van der Waals surface area contributed by atoms with Gasteiger partial charge in [0.2, 0.25) is 5.91 Å². The molecule has 2 rings (SSSR count). The Hall–Kier alpha value is -2.70. The van der Waals surface area contributed by atoms with E-state index in [0.29, 0.717) is 11.1 Å². The van der Waals surface area contributed by atoms with Crippen LogP contribution in [0, 0.1) is 10.1 Å². The molecule has 0 aliphatic heterocycles. The van der Waals surface area contributed by atoms with E-state index in [1.165, 1.54) is 18.3 Å². The van der Waals surface area contributed by atoms with Gasteiger partial charge >= 0.3 is 0 Å². The van der Waals surface area contributed by atoms with Gasteiger partial charge in [-0.15, -0.1) is 0 Å². The Morgan fingerprint density at radius 1 is 1.44 bits per heavy atom. The highest BCUT2D eigenvalue weighted by Gasteiger charge is 2.15. The molecule has 0 atom stereocenters. The van der Waals surface area contributed by atoms with Crippen molar-refractivity contribution in [2.45, 2.75) is 0 Å². The lowest BCUT2D eigenvalue weighted by atomic mass is 10.1. The number of primary amides is 1. The Bertz CT molecular complexity index is 627. The summed E-state index contributed by atoms with van der Waals surface area (Å²) in [6.07, 6.45) is 1.48. The number of fused-ring (bicyclic) bond motifs is 1. The molecule has 0 unspecified atom stereocenters. The molecule has 1 amide bonds. The van der Waals surface area contributed by atoms with Crippen LogP contribution >= 0.6 is 0 Å². The maximum atomic E-state index is 10.9. The molecule has 0 spiro atoms. The predicted molar refractivity (Wildman–Crippen MR) is 66.1 cm³/mol. The quantitative estimate of drug-likeness (QED) is 0.618. The van der Waals surface area contributed by atoms with Crippen LogP contribution in [0.2, 0.25) is 0 Å². The van der Waals surface area contributed by atoms with Gasteiger partial charge in [-0.2, -0.15) is 0 Å². The number of hydrogen-bond acceptors (Lipinski definition) is 5. The zero-order chi connectivity index (χ0) is 13.1. The summed E-state index contributed by atoms with van der Waals surface area (Å²) in [5.74, 6) is -0.509. The van der Waals surface area contributed by atoms with Gasteiger partial charge < -0.3 is 11.1 Å². The summed E-state index contributed by atoms with van der Waals surface area (Å²) in [7, 11) is 0. The van der Waals surface area contributed by atoms with Gasteiger partial charge in [-0.1, -0.05) is 0 Å². The van der Waals surface area contributed by atoms with Crippen molar-refractivity contribution in [2.75, 3.05) is 11.9 Å². The number of nitrogens with zero attached hydrogens (tertiary/aromatic N) is 2. The molecule has 18 heavy (non-hydrogen) atoms. The molecule has 2 aromatic rings. The van der Waals surface area contributed by atoms with Crippen molar-refractivity contribution >= 4 is 28.2 Å². The first kappa shape index (κ1) is 11.8. The average molecular weight is 246 g/mol. The van der Waals surface area contributed by atoms with Crippen LogP contribution in [0.25, 0.3) is 10.9 Å². The molecule has 0 saturated carbocycles. The van der Waals surface area contributed by atoms with Gasteiger partial charge in [0.25, 0.3) is 5.69 Å². The fourth-order valence-corrected chi connectivity index (χ4v) is 1.64. The average Bonchev–Trinajstić information content (AvgIpc) is 2.35. The zero-order valence-electron chi connectivity index (χ0n) is 9.29. The highest BCUT2D eigenvalue weighted by Crippen LogP contribution is 2.29. The first-order valence-electron chi connectivity index (χ1n) is 5.14. The molecule has 0 aliphatic rings. The topological polar surface area (TPSA) is 111 Å². The van der Waals surface area contributed by atoms with E-state index < -0.39 is 10.8 Å². The molecule has 0 fully saturated rings. The molecule has 92 valence electrons. The molecule has 0 radical (unpaired) electrons. The van der Waals surface area contributed by atoms with Gasteiger partial charge in [-0.05, 0) is 18.2 Å². The molecule has 0 saturated heterocycles. The van der Waals surface area contributed by atoms with E-state index in [-0.39, 0.29) is 17.7 Å². The number of benzene rings is 1. The second-order valence-corrected chi connectivity index (χ2v) is 3.61. The van der Waals surface area contributed by atoms with Gasteiger partial charge in [0.05, 0.1) is 11.5 Å².